The molecule has 0 aromatic carbocycles. The van der Waals surface area contributed by atoms with Crippen molar-refractivity contribution in [2.45, 2.75) is 38.9 Å². The van der Waals surface area contributed by atoms with Crippen LogP contribution in [-0.4, -0.2) is 36.3 Å². The maximum absolute atomic E-state index is 11.4. The molecule has 2 rings (SSSR count). The molecule has 0 radical (unpaired) electrons. The summed E-state index contributed by atoms with van der Waals surface area (Å²) in [5.74, 6) is -0.0437. The predicted octanol–water partition coefficient (Wildman–Crippen LogP) is 1.18. The first-order chi connectivity index (χ1) is 9.40. The number of nitrogen functional groups attached to an aromatic ring is 1. The average Bonchev–Trinajstić information content (AvgIpc) is 2.67. The highest BCUT2D eigenvalue weighted by Crippen LogP contribution is 2.45. The monoisotopic (exact) mass is 299 g/mol. The zero-order chi connectivity index (χ0) is 14.9. The van der Waals surface area contributed by atoms with Gasteiger partial charge in [-0.05, 0) is 26.7 Å². The van der Waals surface area contributed by atoms with Crippen LogP contribution in [0.15, 0.2) is 0 Å². The van der Waals surface area contributed by atoms with Crippen molar-refractivity contribution in [1.29, 1.82) is 0 Å². The van der Waals surface area contributed by atoms with Gasteiger partial charge in [-0.25, -0.2) is 0 Å². The summed E-state index contributed by atoms with van der Waals surface area (Å²) in [4.78, 5) is 13.8. The number of β-amino-alcohol motifs (C(OH)–C–C–N with tert-alkyl or cyclic N) is 1. The van der Waals surface area contributed by atoms with Gasteiger partial charge in [0.1, 0.15) is 15.6 Å². The Morgan fingerprint density at radius 3 is 2.80 bits per heavy atom. The first-order valence-electron chi connectivity index (χ1n) is 6.72. The van der Waals surface area contributed by atoms with E-state index in [-0.39, 0.29) is 12.2 Å². The van der Waals surface area contributed by atoms with E-state index in [0.717, 1.165) is 24.4 Å². The van der Waals surface area contributed by atoms with Crippen LogP contribution in [0.2, 0.25) is 0 Å². The third-order valence-electron chi connectivity index (χ3n) is 3.14. The van der Waals surface area contributed by atoms with Crippen molar-refractivity contribution in [3.63, 3.8) is 0 Å². The van der Waals surface area contributed by atoms with Crippen molar-refractivity contribution in [2.24, 2.45) is 5.73 Å². The molecular formula is C13H21N3O3S. The van der Waals surface area contributed by atoms with Gasteiger partial charge in [0.15, 0.2) is 5.75 Å². The number of aliphatic hydroxyl groups excluding tert-OH is 1. The van der Waals surface area contributed by atoms with Crippen LogP contribution in [0, 0.1) is 0 Å². The summed E-state index contributed by atoms with van der Waals surface area (Å²) in [7, 11) is 0. The van der Waals surface area contributed by atoms with Crippen molar-refractivity contribution >= 4 is 27.9 Å². The van der Waals surface area contributed by atoms with E-state index in [1.54, 1.807) is 0 Å². The maximum Gasteiger partial charge on any atom is 0.261 e. The number of ether oxygens (including phenoxy) is 1. The number of carbonyl (C=O) groups excluding carboxylic acids is 1. The minimum Gasteiger partial charge on any atom is -0.486 e. The van der Waals surface area contributed by atoms with Gasteiger partial charge in [-0.2, -0.15) is 0 Å². The number of nitrogens with two attached hydrogens (primary N) is 2. The maximum atomic E-state index is 11.4. The molecule has 1 aliphatic rings. The Balaban J connectivity index is 2.39. The van der Waals surface area contributed by atoms with Crippen LogP contribution in [0.3, 0.4) is 0 Å². The van der Waals surface area contributed by atoms with Gasteiger partial charge in [0.25, 0.3) is 5.91 Å². The SMILES string of the molecule is CC(C)Oc1c(N2CCCC(O)C2)sc(C(N)=O)c1N. The number of rotatable bonds is 4. The molecule has 7 heteroatoms. The molecule has 1 unspecified atom stereocenters. The topological polar surface area (TPSA) is 102 Å². The van der Waals surface area contributed by atoms with E-state index in [1.807, 2.05) is 18.7 Å². The fourth-order valence-electron chi connectivity index (χ4n) is 2.30. The minimum atomic E-state index is -0.551. The van der Waals surface area contributed by atoms with Gasteiger partial charge in [0.05, 0.1) is 12.2 Å². The van der Waals surface area contributed by atoms with Crippen LogP contribution in [0.5, 0.6) is 5.75 Å². The summed E-state index contributed by atoms with van der Waals surface area (Å²) in [5, 5.41) is 10.6. The average molecular weight is 299 g/mol. The van der Waals surface area contributed by atoms with Gasteiger partial charge in [-0.15, -0.1) is 11.3 Å². The zero-order valence-electron chi connectivity index (χ0n) is 11.8. The molecule has 1 fully saturated rings. The molecule has 1 aliphatic heterocycles. The van der Waals surface area contributed by atoms with E-state index in [1.165, 1.54) is 11.3 Å². The Kier molecular flexibility index (Phi) is 4.39. The van der Waals surface area contributed by atoms with Crippen LogP contribution in [0.1, 0.15) is 36.4 Å². The number of amides is 1. The van der Waals surface area contributed by atoms with Crippen LogP contribution in [-0.2, 0) is 0 Å². The standard InChI is InChI=1S/C13H21N3O3S/c1-7(2)19-10-9(14)11(12(15)18)20-13(10)16-5-3-4-8(17)6-16/h7-8,17H,3-6,14H2,1-2H3,(H2,15,18). The molecule has 1 aromatic rings. The quantitative estimate of drug-likeness (QED) is 0.775. The molecule has 0 bridgehead atoms. The zero-order valence-corrected chi connectivity index (χ0v) is 12.6. The van der Waals surface area contributed by atoms with E-state index in [2.05, 4.69) is 0 Å². The van der Waals surface area contributed by atoms with Crippen LogP contribution in [0.4, 0.5) is 10.7 Å². The molecule has 0 saturated carbocycles. The van der Waals surface area contributed by atoms with Gasteiger partial charge in [0.2, 0.25) is 0 Å². The van der Waals surface area contributed by atoms with E-state index >= 15 is 0 Å². The van der Waals surface area contributed by atoms with Crippen molar-refractivity contribution < 1.29 is 14.6 Å². The molecule has 5 N–H and O–H groups in total. The highest BCUT2D eigenvalue weighted by atomic mass is 32.1. The van der Waals surface area contributed by atoms with Crippen molar-refractivity contribution in [3.8, 4) is 5.75 Å². The highest BCUT2D eigenvalue weighted by Gasteiger charge is 2.28. The largest absolute Gasteiger partial charge is 0.486 e. The summed E-state index contributed by atoms with van der Waals surface area (Å²) in [6.45, 7) is 5.13. The van der Waals surface area contributed by atoms with Gasteiger partial charge < -0.3 is 26.2 Å². The van der Waals surface area contributed by atoms with Gasteiger partial charge in [0, 0.05) is 13.1 Å². The summed E-state index contributed by atoms with van der Waals surface area (Å²) < 4.78 is 5.75. The molecule has 1 amide bonds. The van der Waals surface area contributed by atoms with E-state index in [9.17, 15) is 9.90 Å². The molecular weight excluding hydrogens is 278 g/mol. The summed E-state index contributed by atoms with van der Waals surface area (Å²) in [6, 6.07) is 0. The molecule has 0 aliphatic carbocycles. The van der Waals surface area contributed by atoms with Crippen molar-refractivity contribution in [3.05, 3.63) is 4.88 Å². The number of hydrogen-bond donors (Lipinski definition) is 3. The molecule has 1 saturated heterocycles. The number of primary amides is 1. The predicted molar refractivity (Wildman–Crippen MR) is 80.5 cm³/mol. The fraction of sp³-hybridized carbons (Fsp3) is 0.615. The normalized spacial score (nSPS) is 19.4. The number of aliphatic hydroxyl groups is 1. The lowest BCUT2D eigenvalue weighted by atomic mass is 10.1. The first kappa shape index (κ1) is 14.9. The van der Waals surface area contributed by atoms with Crippen LogP contribution in [0.25, 0.3) is 0 Å². The number of anilines is 2. The Bertz CT molecular complexity index is 501. The lowest BCUT2D eigenvalue weighted by molar-refractivity contribution is 0.100. The lowest BCUT2D eigenvalue weighted by Crippen LogP contribution is -2.38. The van der Waals surface area contributed by atoms with Gasteiger partial charge in [-0.3, -0.25) is 4.79 Å². The molecule has 0 spiro atoms. The number of carbonyl (C=O) groups is 1. The summed E-state index contributed by atoms with van der Waals surface area (Å²) in [6.07, 6.45) is 1.27. The highest BCUT2D eigenvalue weighted by molar-refractivity contribution is 7.19. The first-order valence-corrected chi connectivity index (χ1v) is 7.53. The number of nitrogens with zero attached hydrogens (tertiary/aromatic N) is 1. The fourth-order valence-corrected chi connectivity index (χ4v) is 3.34. The van der Waals surface area contributed by atoms with E-state index in [0.29, 0.717) is 22.9 Å². The molecule has 1 atom stereocenters. The van der Waals surface area contributed by atoms with Crippen molar-refractivity contribution in [2.75, 3.05) is 23.7 Å². The number of piperidine rings is 1. The molecule has 6 nitrogen and oxygen atoms in total. The lowest BCUT2D eigenvalue weighted by Gasteiger charge is -2.31. The minimum absolute atomic E-state index is 0.0545. The number of thiophene rings is 1. The summed E-state index contributed by atoms with van der Waals surface area (Å²) in [5.41, 5.74) is 11.6. The van der Waals surface area contributed by atoms with Crippen LogP contribution < -0.4 is 21.1 Å². The van der Waals surface area contributed by atoms with Gasteiger partial charge in [-0.1, -0.05) is 0 Å². The van der Waals surface area contributed by atoms with Gasteiger partial charge >= 0.3 is 0 Å². The van der Waals surface area contributed by atoms with E-state index in [4.69, 9.17) is 16.2 Å². The summed E-state index contributed by atoms with van der Waals surface area (Å²) >= 11 is 1.24. The van der Waals surface area contributed by atoms with Crippen LogP contribution >= 0.6 is 11.3 Å². The molecule has 2 heterocycles. The third-order valence-corrected chi connectivity index (χ3v) is 4.41. The Labute approximate surface area is 122 Å². The molecule has 20 heavy (non-hydrogen) atoms. The van der Waals surface area contributed by atoms with E-state index < -0.39 is 5.91 Å². The second kappa shape index (κ2) is 5.88. The second-order valence-electron chi connectivity index (χ2n) is 5.25. The second-order valence-corrected chi connectivity index (χ2v) is 6.25. The third kappa shape index (κ3) is 2.99. The Morgan fingerprint density at radius 2 is 2.25 bits per heavy atom. The Morgan fingerprint density at radius 1 is 1.55 bits per heavy atom. The molecule has 1 aromatic heterocycles. The number of hydrogen-bond acceptors (Lipinski definition) is 6. The Hall–Kier alpha value is -1.47. The molecule has 112 valence electrons. The smallest absolute Gasteiger partial charge is 0.261 e. The van der Waals surface area contributed by atoms with Crippen molar-refractivity contribution in [1.82, 2.24) is 0 Å².